The van der Waals surface area contributed by atoms with Crippen molar-refractivity contribution in [1.82, 2.24) is 5.32 Å². The fourth-order valence-electron chi connectivity index (χ4n) is 1.98. The Hall–Kier alpha value is -1.57. The molecule has 2 heteroatoms. The number of hydrogen-bond acceptors (Lipinski definition) is 1. The van der Waals surface area contributed by atoms with Crippen LogP contribution in [0.1, 0.15) is 38.7 Å². The first-order valence-electron chi connectivity index (χ1n) is 6.53. The summed E-state index contributed by atoms with van der Waals surface area (Å²) in [6.45, 7) is 10.5. The molecule has 2 atom stereocenters. The monoisotopic (exact) mass is 245 g/mol. The van der Waals surface area contributed by atoms with Gasteiger partial charge in [0.1, 0.15) is 0 Å². The van der Waals surface area contributed by atoms with E-state index in [0.29, 0.717) is 12.5 Å². The maximum absolute atomic E-state index is 12.3. The molecule has 1 rings (SSSR count). The third-order valence-electron chi connectivity index (χ3n) is 3.22. The first-order chi connectivity index (χ1) is 8.56. The molecule has 0 aliphatic rings. The molecule has 1 aromatic rings. The second-order valence-electron chi connectivity index (χ2n) is 4.95. The number of carbonyl (C=O) groups excluding carboxylic acids is 1. The summed E-state index contributed by atoms with van der Waals surface area (Å²) in [6.07, 6.45) is 0.986. The van der Waals surface area contributed by atoms with Crippen molar-refractivity contribution in [2.45, 2.75) is 33.1 Å². The molecule has 1 amide bonds. The average Bonchev–Trinajstić information content (AvgIpc) is 2.37. The summed E-state index contributed by atoms with van der Waals surface area (Å²) < 4.78 is 0. The summed E-state index contributed by atoms with van der Waals surface area (Å²) in [4.78, 5) is 12.3. The molecule has 2 nitrogen and oxygen atoms in total. The smallest absolute Gasteiger partial charge is 0.228 e. The van der Waals surface area contributed by atoms with Gasteiger partial charge < -0.3 is 5.32 Å². The molecule has 0 bridgehead atoms. The average molecular weight is 245 g/mol. The Balaban J connectivity index is 2.85. The maximum Gasteiger partial charge on any atom is 0.228 e. The molecular formula is C16H23NO. The number of nitrogens with one attached hydrogen (secondary N) is 1. The van der Waals surface area contributed by atoms with E-state index in [1.807, 2.05) is 37.3 Å². The Bertz CT molecular complexity index is 397. The van der Waals surface area contributed by atoms with Gasteiger partial charge in [-0.05, 0) is 18.4 Å². The molecular weight excluding hydrogens is 222 g/mol. The molecule has 18 heavy (non-hydrogen) atoms. The summed E-state index contributed by atoms with van der Waals surface area (Å²) in [6, 6.07) is 9.99. The molecule has 0 aromatic heterocycles. The lowest BCUT2D eigenvalue weighted by Crippen LogP contribution is -2.33. The van der Waals surface area contributed by atoms with Crippen LogP contribution in [0.15, 0.2) is 42.5 Å². The number of carbonyl (C=O) groups is 1. The van der Waals surface area contributed by atoms with Crippen LogP contribution >= 0.6 is 0 Å². The fraction of sp³-hybridized carbons (Fsp3) is 0.438. The predicted octanol–water partition coefficient (Wildman–Crippen LogP) is 3.51. The first kappa shape index (κ1) is 14.5. The summed E-state index contributed by atoms with van der Waals surface area (Å²) in [5.41, 5.74) is 2.06. The SMILES string of the molecule is C=C(C)CNC(=O)C(c1ccccc1)C(C)CC. The van der Waals surface area contributed by atoms with Gasteiger partial charge in [0.05, 0.1) is 5.92 Å². The zero-order valence-corrected chi connectivity index (χ0v) is 11.6. The van der Waals surface area contributed by atoms with E-state index < -0.39 is 0 Å². The van der Waals surface area contributed by atoms with E-state index in [0.717, 1.165) is 17.6 Å². The Kier molecular flexibility index (Phi) is 5.63. The van der Waals surface area contributed by atoms with Crippen molar-refractivity contribution in [2.24, 2.45) is 5.92 Å². The molecule has 98 valence electrons. The van der Waals surface area contributed by atoms with Crippen LogP contribution in [0.2, 0.25) is 0 Å². The molecule has 0 radical (unpaired) electrons. The molecule has 0 fully saturated rings. The first-order valence-corrected chi connectivity index (χ1v) is 6.53. The van der Waals surface area contributed by atoms with Crippen LogP contribution in [0.3, 0.4) is 0 Å². The number of amides is 1. The Morgan fingerprint density at radius 2 is 1.94 bits per heavy atom. The van der Waals surface area contributed by atoms with Crippen molar-refractivity contribution in [1.29, 1.82) is 0 Å². The molecule has 0 spiro atoms. The van der Waals surface area contributed by atoms with Gasteiger partial charge in [-0.1, -0.05) is 62.8 Å². The third-order valence-corrected chi connectivity index (χ3v) is 3.22. The van der Waals surface area contributed by atoms with Crippen LogP contribution < -0.4 is 5.32 Å². The van der Waals surface area contributed by atoms with E-state index >= 15 is 0 Å². The van der Waals surface area contributed by atoms with E-state index in [-0.39, 0.29) is 11.8 Å². The van der Waals surface area contributed by atoms with Gasteiger partial charge in [0.15, 0.2) is 0 Å². The van der Waals surface area contributed by atoms with Crippen LogP contribution in [0, 0.1) is 5.92 Å². The minimum absolute atomic E-state index is 0.0736. The van der Waals surface area contributed by atoms with Gasteiger partial charge in [0.2, 0.25) is 5.91 Å². The Morgan fingerprint density at radius 3 is 2.44 bits per heavy atom. The van der Waals surface area contributed by atoms with E-state index in [1.54, 1.807) is 0 Å². The van der Waals surface area contributed by atoms with Gasteiger partial charge in [-0.15, -0.1) is 0 Å². The molecule has 0 aliphatic heterocycles. The second kappa shape index (κ2) is 7.00. The van der Waals surface area contributed by atoms with Crippen molar-refractivity contribution >= 4 is 5.91 Å². The highest BCUT2D eigenvalue weighted by atomic mass is 16.1. The normalized spacial score (nSPS) is 13.7. The van der Waals surface area contributed by atoms with Gasteiger partial charge in [-0.2, -0.15) is 0 Å². The van der Waals surface area contributed by atoms with E-state index in [4.69, 9.17) is 0 Å². The van der Waals surface area contributed by atoms with Crippen LogP contribution in [0.25, 0.3) is 0 Å². The van der Waals surface area contributed by atoms with E-state index in [1.165, 1.54) is 0 Å². The minimum atomic E-state index is -0.0736. The molecule has 1 N–H and O–H groups in total. The highest BCUT2D eigenvalue weighted by molar-refractivity contribution is 5.84. The van der Waals surface area contributed by atoms with Gasteiger partial charge in [0, 0.05) is 6.54 Å². The number of rotatable bonds is 6. The van der Waals surface area contributed by atoms with Crippen molar-refractivity contribution in [3.05, 3.63) is 48.0 Å². The lowest BCUT2D eigenvalue weighted by atomic mass is 9.85. The van der Waals surface area contributed by atoms with Crippen molar-refractivity contribution in [2.75, 3.05) is 6.54 Å². The molecule has 2 unspecified atom stereocenters. The quantitative estimate of drug-likeness (QED) is 0.763. The highest BCUT2D eigenvalue weighted by Crippen LogP contribution is 2.27. The lowest BCUT2D eigenvalue weighted by molar-refractivity contribution is -0.123. The third kappa shape index (κ3) is 4.02. The van der Waals surface area contributed by atoms with Crippen LogP contribution in [0.5, 0.6) is 0 Å². The molecule has 1 aromatic carbocycles. The van der Waals surface area contributed by atoms with E-state index in [9.17, 15) is 4.79 Å². The fourth-order valence-corrected chi connectivity index (χ4v) is 1.98. The van der Waals surface area contributed by atoms with Crippen molar-refractivity contribution < 1.29 is 4.79 Å². The molecule has 0 heterocycles. The Labute approximate surface area is 110 Å². The topological polar surface area (TPSA) is 29.1 Å². The van der Waals surface area contributed by atoms with Crippen molar-refractivity contribution in [3.8, 4) is 0 Å². The summed E-state index contributed by atoms with van der Waals surface area (Å²) in [7, 11) is 0. The van der Waals surface area contributed by atoms with Gasteiger partial charge in [-0.25, -0.2) is 0 Å². The zero-order valence-electron chi connectivity index (χ0n) is 11.6. The molecule has 0 saturated carbocycles. The minimum Gasteiger partial charge on any atom is -0.352 e. The van der Waals surface area contributed by atoms with Crippen LogP contribution in [-0.4, -0.2) is 12.5 Å². The maximum atomic E-state index is 12.3. The van der Waals surface area contributed by atoms with Crippen LogP contribution in [-0.2, 0) is 4.79 Å². The largest absolute Gasteiger partial charge is 0.352 e. The summed E-state index contributed by atoms with van der Waals surface area (Å²) in [5, 5.41) is 2.96. The summed E-state index contributed by atoms with van der Waals surface area (Å²) in [5.74, 6) is 0.353. The standard InChI is InChI=1S/C16H23NO/c1-5-13(4)15(14-9-7-6-8-10-14)16(18)17-11-12(2)3/h6-10,13,15H,2,5,11H2,1,3-4H3,(H,17,18). The predicted molar refractivity (Wildman–Crippen MR) is 76.5 cm³/mol. The summed E-state index contributed by atoms with van der Waals surface area (Å²) >= 11 is 0. The second-order valence-corrected chi connectivity index (χ2v) is 4.95. The highest BCUT2D eigenvalue weighted by Gasteiger charge is 2.25. The van der Waals surface area contributed by atoms with Gasteiger partial charge in [-0.3, -0.25) is 4.79 Å². The van der Waals surface area contributed by atoms with Gasteiger partial charge in [0.25, 0.3) is 0 Å². The lowest BCUT2D eigenvalue weighted by Gasteiger charge is -2.22. The zero-order chi connectivity index (χ0) is 13.5. The molecule has 0 aliphatic carbocycles. The molecule has 0 saturated heterocycles. The Morgan fingerprint density at radius 1 is 1.33 bits per heavy atom. The van der Waals surface area contributed by atoms with E-state index in [2.05, 4.69) is 25.7 Å². The number of hydrogen-bond donors (Lipinski definition) is 1. The van der Waals surface area contributed by atoms with Crippen molar-refractivity contribution in [3.63, 3.8) is 0 Å². The number of benzene rings is 1. The van der Waals surface area contributed by atoms with Gasteiger partial charge >= 0.3 is 0 Å². The van der Waals surface area contributed by atoms with Crippen LogP contribution in [0.4, 0.5) is 0 Å².